The fourth-order valence-corrected chi connectivity index (χ4v) is 5.94. The van der Waals surface area contributed by atoms with Gasteiger partial charge in [-0.25, -0.2) is 13.9 Å². The second kappa shape index (κ2) is 12.7. The first kappa shape index (κ1) is 30.2. The first-order chi connectivity index (χ1) is 21.7. The summed E-state index contributed by atoms with van der Waals surface area (Å²) in [5, 5.41) is 29.5. The number of carbonyl (C=O) groups excluding carboxylic acids is 1. The molecule has 0 saturated heterocycles. The third kappa shape index (κ3) is 6.52. The molecule has 3 heterocycles. The van der Waals surface area contributed by atoms with Crippen molar-refractivity contribution in [1.29, 1.82) is 0 Å². The van der Waals surface area contributed by atoms with Gasteiger partial charge in [0.1, 0.15) is 17.4 Å². The van der Waals surface area contributed by atoms with E-state index in [1.54, 1.807) is 58.5 Å². The van der Waals surface area contributed by atoms with Crippen LogP contribution in [-0.4, -0.2) is 41.8 Å². The number of hydrogen-bond acceptors (Lipinski definition) is 7. The number of phenolic OH excluding ortho intramolecular Hbond substituents is 1. The number of thioether (sulfide) groups is 1. The van der Waals surface area contributed by atoms with Crippen LogP contribution in [0, 0.1) is 5.82 Å². The van der Waals surface area contributed by atoms with Gasteiger partial charge in [-0.15, -0.1) is 10.2 Å². The lowest BCUT2D eigenvalue weighted by Gasteiger charge is -2.18. The van der Waals surface area contributed by atoms with E-state index in [0.29, 0.717) is 28.5 Å². The molecule has 0 bridgehead atoms. The highest BCUT2D eigenvalue weighted by Crippen LogP contribution is 2.35. The topological polar surface area (TPSA) is 109 Å². The zero-order valence-electron chi connectivity index (χ0n) is 24.7. The van der Waals surface area contributed by atoms with E-state index in [9.17, 15) is 14.3 Å². The summed E-state index contributed by atoms with van der Waals surface area (Å²) < 4.78 is 17.1. The molecular formula is C33H30FN7O2S2. The fourth-order valence-electron chi connectivity index (χ4n) is 4.66. The van der Waals surface area contributed by atoms with Crippen LogP contribution in [0.3, 0.4) is 0 Å². The van der Waals surface area contributed by atoms with Crippen molar-refractivity contribution in [2.75, 3.05) is 11.6 Å². The molecule has 3 N–H and O–H groups in total. The van der Waals surface area contributed by atoms with Crippen molar-refractivity contribution in [3.63, 3.8) is 0 Å². The number of phenols is 1. The van der Waals surface area contributed by atoms with Gasteiger partial charge in [0.2, 0.25) is 0 Å². The molecule has 3 aromatic heterocycles. The molecule has 0 fully saturated rings. The van der Waals surface area contributed by atoms with Crippen LogP contribution in [0.15, 0.2) is 107 Å². The van der Waals surface area contributed by atoms with Gasteiger partial charge in [-0.05, 0) is 74.2 Å². The number of nitrogens with zero attached hydrogens (tertiary/aromatic N) is 5. The quantitative estimate of drug-likeness (QED) is 0.150. The van der Waals surface area contributed by atoms with Gasteiger partial charge in [0.05, 0.1) is 21.7 Å². The Labute approximate surface area is 267 Å². The Hall–Kier alpha value is -4.81. The van der Waals surface area contributed by atoms with Crippen molar-refractivity contribution >= 4 is 41.0 Å². The van der Waals surface area contributed by atoms with Gasteiger partial charge < -0.3 is 10.4 Å². The van der Waals surface area contributed by atoms with Crippen molar-refractivity contribution in [3.05, 3.63) is 114 Å². The first-order valence-electron chi connectivity index (χ1n) is 14.1. The molecule has 0 spiro atoms. The number of benzene rings is 3. The molecule has 0 aliphatic heterocycles. The molecule has 0 unspecified atom stereocenters. The minimum absolute atomic E-state index is 0.128. The van der Waals surface area contributed by atoms with Crippen LogP contribution in [0.2, 0.25) is 0 Å². The number of anilines is 1. The Balaban J connectivity index is 1.20. The van der Waals surface area contributed by atoms with E-state index < -0.39 is 11.8 Å². The van der Waals surface area contributed by atoms with Gasteiger partial charge in [0, 0.05) is 28.6 Å². The van der Waals surface area contributed by atoms with E-state index >= 15 is 0 Å². The number of urea groups is 1. The van der Waals surface area contributed by atoms with Crippen LogP contribution in [0.25, 0.3) is 22.7 Å². The van der Waals surface area contributed by atoms with E-state index in [0.717, 1.165) is 21.0 Å². The summed E-state index contributed by atoms with van der Waals surface area (Å²) in [6.45, 7) is 4.36. The van der Waals surface area contributed by atoms with Gasteiger partial charge in [-0.2, -0.15) is 16.9 Å². The molecule has 2 amide bonds. The monoisotopic (exact) mass is 639 g/mol. The Kier molecular flexibility index (Phi) is 8.50. The number of pyridine rings is 1. The zero-order valence-corrected chi connectivity index (χ0v) is 26.4. The fraction of sp³-hybridized carbons (Fsp3) is 0.152. The minimum Gasteiger partial charge on any atom is -0.507 e. The molecule has 0 aliphatic rings. The number of aromatic nitrogens is 5. The number of para-hydroxylation sites is 1. The number of amides is 2. The molecule has 45 heavy (non-hydrogen) atoms. The summed E-state index contributed by atoms with van der Waals surface area (Å²) in [6.07, 6.45) is 3.92. The summed E-state index contributed by atoms with van der Waals surface area (Å²) in [6, 6.07) is 26.2. The van der Waals surface area contributed by atoms with Gasteiger partial charge in [0.25, 0.3) is 0 Å². The smallest absolute Gasteiger partial charge is 0.320 e. The molecule has 0 atom stereocenters. The normalized spacial score (nSPS) is 11.6. The molecular weight excluding hydrogens is 610 g/mol. The zero-order chi connectivity index (χ0) is 31.6. The highest BCUT2D eigenvalue weighted by Gasteiger charge is 2.25. The number of rotatable bonds is 9. The molecule has 6 aromatic rings. The molecule has 9 nitrogen and oxygen atoms in total. The summed E-state index contributed by atoms with van der Waals surface area (Å²) in [5.41, 5.74) is 3.43. The predicted molar refractivity (Wildman–Crippen MR) is 177 cm³/mol. The molecule has 0 saturated carbocycles. The number of nitrogens with one attached hydrogen (secondary N) is 2. The van der Waals surface area contributed by atoms with Crippen LogP contribution in [0.5, 0.6) is 5.75 Å². The second-order valence-corrected chi connectivity index (χ2v) is 13.2. The van der Waals surface area contributed by atoms with Crippen molar-refractivity contribution in [3.8, 4) is 22.8 Å². The lowest BCUT2D eigenvalue weighted by molar-refractivity contribution is 0.251. The van der Waals surface area contributed by atoms with E-state index in [1.165, 1.54) is 12.1 Å². The number of hydrogen-bond donors (Lipinski definition) is 3. The van der Waals surface area contributed by atoms with Gasteiger partial charge in [-0.3, -0.25) is 9.72 Å². The third-order valence-corrected chi connectivity index (χ3v) is 9.62. The maximum absolute atomic E-state index is 14.1. The van der Waals surface area contributed by atoms with Gasteiger partial charge >= 0.3 is 6.03 Å². The molecule has 6 rings (SSSR count). The van der Waals surface area contributed by atoms with Crippen LogP contribution < -0.4 is 10.6 Å². The van der Waals surface area contributed by atoms with Crippen LogP contribution in [-0.2, 0) is 11.3 Å². The average Bonchev–Trinajstić information content (AvgIpc) is 3.66. The van der Waals surface area contributed by atoms with Crippen molar-refractivity contribution in [2.24, 2.45) is 0 Å². The summed E-state index contributed by atoms with van der Waals surface area (Å²) >= 11 is 3.17. The van der Waals surface area contributed by atoms with E-state index in [4.69, 9.17) is 5.10 Å². The Morgan fingerprint density at radius 3 is 2.58 bits per heavy atom. The molecule has 0 radical (unpaired) electrons. The maximum Gasteiger partial charge on any atom is 0.320 e. The number of carbonyl (C=O) groups is 1. The highest BCUT2D eigenvalue weighted by atomic mass is 32.2. The average molecular weight is 640 g/mol. The highest BCUT2D eigenvalue weighted by molar-refractivity contribution is 7.99. The van der Waals surface area contributed by atoms with Gasteiger partial charge in [0.15, 0.2) is 11.5 Å². The lowest BCUT2D eigenvalue weighted by Crippen LogP contribution is -2.29. The van der Waals surface area contributed by atoms with Crippen molar-refractivity contribution in [2.45, 2.75) is 34.9 Å². The van der Waals surface area contributed by atoms with Crippen LogP contribution in [0.1, 0.15) is 25.1 Å². The predicted octanol–water partition coefficient (Wildman–Crippen LogP) is 7.50. The SMILES string of the molecule is CSC(C)(C)c1cc(NC(=O)NCc2ccccc2Sc2ccc3nnc(-c4ccccc4O)n3c2)n(-c2cccc(F)c2)n1. The largest absolute Gasteiger partial charge is 0.507 e. The molecule has 228 valence electrons. The number of fused-ring (bicyclic) bond motifs is 1. The summed E-state index contributed by atoms with van der Waals surface area (Å²) in [5.74, 6) is 0.706. The first-order valence-corrected chi connectivity index (χ1v) is 16.1. The Morgan fingerprint density at radius 1 is 0.978 bits per heavy atom. The maximum atomic E-state index is 14.1. The standard InChI is InChI=1S/C33H30FN7O2S2/c1-33(2,44-3)28-18-30(41(39-28)23-11-8-10-22(34)17-23)36-32(43)35-19-21-9-4-7-14-27(21)45-24-15-16-29-37-38-31(40(29)20-24)25-12-5-6-13-26(25)42/h4-18,20,42H,19H2,1-3H3,(H2,35,36,43). The Bertz CT molecular complexity index is 2010. The number of halogens is 1. The van der Waals surface area contributed by atoms with Crippen molar-refractivity contribution in [1.82, 2.24) is 29.7 Å². The third-order valence-electron chi connectivity index (χ3n) is 7.29. The van der Waals surface area contributed by atoms with Gasteiger partial charge in [-0.1, -0.05) is 48.2 Å². The van der Waals surface area contributed by atoms with Crippen LogP contribution in [0.4, 0.5) is 15.0 Å². The van der Waals surface area contributed by atoms with E-state index in [1.807, 2.05) is 79.2 Å². The molecule has 0 aliphatic carbocycles. The number of aromatic hydroxyl groups is 1. The van der Waals surface area contributed by atoms with E-state index in [2.05, 4.69) is 20.8 Å². The van der Waals surface area contributed by atoms with Crippen molar-refractivity contribution < 1.29 is 14.3 Å². The minimum atomic E-state index is -0.418. The second-order valence-electron chi connectivity index (χ2n) is 10.7. The molecule has 3 aromatic carbocycles. The lowest BCUT2D eigenvalue weighted by atomic mass is 10.1. The van der Waals surface area contributed by atoms with E-state index in [-0.39, 0.29) is 17.0 Å². The van der Waals surface area contributed by atoms with Crippen LogP contribution >= 0.6 is 23.5 Å². The molecule has 12 heteroatoms. The summed E-state index contributed by atoms with van der Waals surface area (Å²) in [4.78, 5) is 15.1. The Morgan fingerprint density at radius 2 is 1.78 bits per heavy atom. The summed E-state index contributed by atoms with van der Waals surface area (Å²) in [7, 11) is 0.